The molecule has 2 aliphatic rings. The van der Waals surface area contributed by atoms with Crippen LogP contribution in [-0.4, -0.2) is 33.7 Å². The summed E-state index contributed by atoms with van der Waals surface area (Å²) in [7, 11) is 0. The molecule has 2 saturated carbocycles. The Kier molecular flexibility index (Phi) is 9.45. The summed E-state index contributed by atoms with van der Waals surface area (Å²) in [6.07, 6.45) is 10.1. The van der Waals surface area contributed by atoms with Crippen LogP contribution in [0.25, 0.3) is 0 Å². The quantitative estimate of drug-likeness (QED) is 0.299. The topological polar surface area (TPSA) is 92.1 Å². The van der Waals surface area contributed by atoms with Gasteiger partial charge in [0.1, 0.15) is 11.5 Å². The standard InChI is InChI=1S/C31H39N3O4S/c1-21-7-9-23(10-8-21)29(35)34(27-18-26(15-16-31(2,3)4)39-28(27)30(36)37)25-13-11-24(12-14-25)33-38-20-22-6-5-17-32-19-22/h5-6,17-19,21,23,25H,7-14,20H2,1-4H3,(H,36,37). The van der Waals surface area contributed by atoms with Gasteiger partial charge in [-0.1, -0.05) is 30.0 Å². The lowest BCUT2D eigenvalue weighted by atomic mass is 9.81. The van der Waals surface area contributed by atoms with Gasteiger partial charge in [0.05, 0.1) is 16.3 Å². The third-order valence-electron chi connectivity index (χ3n) is 7.37. The molecule has 4 rings (SSSR count). The highest BCUT2D eigenvalue weighted by Gasteiger charge is 2.37. The zero-order chi connectivity index (χ0) is 28.0. The summed E-state index contributed by atoms with van der Waals surface area (Å²) in [6.45, 7) is 8.66. The van der Waals surface area contributed by atoms with Crippen LogP contribution >= 0.6 is 11.3 Å². The second-order valence-electron chi connectivity index (χ2n) is 11.8. The number of hydrogen-bond donors (Lipinski definition) is 1. The SMILES string of the molecule is CC1CCC(C(=O)N(c2cc(C#CC(C)(C)C)sc2C(=O)O)C2CCC(=NOCc3cccnc3)CC2)CC1. The average molecular weight is 550 g/mol. The van der Waals surface area contributed by atoms with Crippen LogP contribution in [0.2, 0.25) is 0 Å². The van der Waals surface area contributed by atoms with Crippen LogP contribution in [0.3, 0.4) is 0 Å². The van der Waals surface area contributed by atoms with E-state index >= 15 is 0 Å². The Morgan fingerprint density at radius 1 is 1.18 bits per heavy atom. The Hall–Kier alpha value is -3.18. The first-order valence-corrected chi connectivity index (χ1v) is 14.7. The molecule has 8 heteroatoms. The molecule has 1 amide bonds. The van der Waals surface area contributed by atoms with Crippen LogP contribution < -0.4 is 4.90 Å². The fourth-order valence-corrected chi connectivity index (χ4v) is 6.03. The maximum Gasteiger partial charge on any atom is 0.348 e. The van der Waals surface area contributed by atoms with Gasteiger partial charge in [-0.15, -0.1) is 11.3 Å². The maximum atomic E-state index is 14.1. The minimum atomic E-state index is -1.02. The Balaban J connectivity index is 1.56. The highest BCUT2D eigenvalue weighted by atomic mass is 32.1. The maximum absolute atomic E-state index is 14.1. The van der Waals surface area contributed by atoms with Gasteiger partial charge in [0.2, 0.25) is 5.91 Å². The van der Waals surface area contributed by atoms with Crippen molar-refractivity contribution in [3.8, 4) is 11.8 Å². The van der Waals surface area contributed by atoms with E-state index in [2.05, 4.69) is 28.9 Å². The zero-order valence-corrected chi connectivity index (χ0v) is 24.2. The minimum absolute atomic E-state index is 0.0516. The van der Waals surface area contributed by atoms with Crippen molar-refractivity contribution in [3.63, 3.8) is 0 Å². The highest BCUT2D eigenvalue weighted by Crippen LogP contribution is 2.38. The summed E-state index contributed by atoms with van der Waals surface area (Å²) in [4.78, 5) is 38.7. The van der Waals surface area contributed by atoms with E-state index in [0.717, 1.165) is 48.3 Å². The molecule has 0 unspecified atom stereocenters. The van der Waals surface area contributed by atoms with Gasteiger partial charge in [-0.3, -0.25) is 9.78 Å². The van der Waals surface area contributed by atoms with Crippen LogP contribution in [0, 0.1) is 29.1 Å². The van der Waals surface area contributed by atoms with Crippen LogP contribution in [0.15, 0.2) is 35.7 Å². The molecule has 2 aliphatic carbocycles. The van der Waals surface area contributed by atoms with Gasteiger partial charge < -0.3 is 14.8 Å². The van der Waals surface area contributed by atoms with E-state index in [1.807, 2.05) is 43.9 Å². The molecule has 2 heterocycles. The first-order chi connectivity index (χ1) is 18.6. The summed E-state index contributed by atoms with van der Waals surface area (Å²) in [5.74, 6) is 5.93. The van der Waals surface area contributed by atoms with Crippen molar-refractivity contribution in [3.05, 3.63) is 45.9 Å². The summed E-state index contributed by atoms with van der Waals surface area (Å²) in [6, 6.07) is 5.54. The summed E-state index contributed by atoms with van der Waals surface area (Å²) < 4.78 is 0. The van der Waals surface area contributed by atoms with Crippen LogP contribution in [0.1, 0.15) is 99.2 Å². The van der Waals surface area contributed by atoms with Crippen molar-refractivity contribution in [1.29, 1.82) is 0 Å². The van der Waals surface area contributed by atoms with E-state index in [0.29, 0.717) is 48.8 Å². The normalized spacial score (nSPS) is 21.4. The monoisotopic (exact) mass is 549 g/mol. The Labute approximate surface area is 235 Å². The van der Waals surface area contributed by atoms with Gasteiger partial charge in [-0.05, 0) is 90.2 Å². The molecule has 0 aromatic carbocycles. The molecule has 0 spiro atoms. The largest absolute Gasteiger partial charge is 0.477 e. The second-order valence-corrected chi connectivity index (χ2v) is 12.9. The highest BCUT2D eigenvalue weighted by molar-refractivity contribution is 7.15. The predicted octanol–water partition coefficient (Wildman–Crippen LogP) is 6.91. The van der Waals surface area contributed by atoms with Crippen molar-refractivity contribution in [1.82, 2.24) is 4.98 Å². The molecule has 2 fully saturated rings. The number of anilines is 1. The molecule has 0 saturated heterocycles. The number of rotatable bonds is 7. The predicted molar refractivity (Wildman–Crippen MR) is 155 cm³/mol. The molecular weight excluding hydrogens is 510 g/mol. The fourth-order valence-electron chi connectivity index (χ4n) is 5.19. The van der Waals surface area contributed by atoms with Gasteiger partial charge in [-0.2, -0.15) is 0 Å². The van der Waals surface area contributed by atoms with Crippen LogP contribution in [-0.2, 0) is 16.2 Å². The number of amides is 1. The lowest BCUT2D eigenvalue weighted by Crippen LogP contribution is -2.46. The summed E-state index contributed by atoms with van der Waals surface area (Å²) >= 11 is 1.16. The number of aromatic carboxylic acids is 1. The molecule has 0 atom stereocenters. The number of thiophene rings is 1. The fraction of sp³-hybridized carbons (Fsp3) is 0.548. The van der Waals surface area contributed by atoms with E-state index in [4.69, 9.17) is 4.84 Å². The summed E-state index contributed by atoms with van der Waals surface area (Å²) in [5.41, 5.74) is 2.21. The van der Waals surface area contributed by atoms with E-state index < -0.39 is 5.97 Å². The van der Waals surface area contributed by atoms with E-state index in [1.54, 1.807) is 12.4 Å². The number of oxime groups is 1. The number of carboxylic acids is 1. The number of hydrogen-bond acceptors (Lipinski definition) is 6. The van der Waals surface area contributed by atoms with E-state index in [9.17, 15) is 14.7 Å². The molecule has 0 aliphatic heterocycles. The first kappa shape index (κ1) is 28.8. The molecule has 2 aromatic rings. The molecule has 0 bridgehead atoms. The van der Waals surface area contributed by atoms with Crippen molar-refractivity contribution < 1.29 is 19.5 Å². The minimum Gasteiger partial charge on any atom is -0.477 e. The Morgan fingerprint density at radius 3 is 2.51 bits per heavy atom. The van der Waals surface area contributed by atoms with Crippen molar-refractivity contribution in [2.75, 3.05) is 4.90 Å². The molecule has 2 aromatic heterocycles. The number of carboxylic acid groups (broad SMARTS) is 1. The number of carbonyl (C=O) groups excluding carboxylic acids is 1. The van der Waals surface area contributed by atoms with Gasteiger partial charge in [0.15, 0.2) is 0 Å². The van der Waals surface area contributed by atoms with Gasteiger partial charge >= 0.3 is 5.97 Å². The molecule has 1 N–H and O–H groups in total. The van der Waals surface area contributed by atoms with E-state index in [1.165, 1.54) is 0 Å². The molecular formula is C31H39N3O4S. The second kappa shape index (κ2) is 12.8. The number of carbonyl (C=O) groups is 2. The van der Waals surface area contributed by atoms with Crippen molar-refractivity contribution in [2.24, 2.45) is 22.4 Å². The third kappa shape index (κ3) is 7.92. The lowest BCUT2D eigenvalue weighted by Gasteiger charge is -2.38. The molecule has 39 heavy (non-hydrogen) atoms. The van der Waals surface area contributed by atoms with Gasteiger partial charge in [0.25, 0.3) is 0 Å². The number of pyridine rings is 1. The molecule has 7 nitrogen and oxygen atoms in total. The lowest BCUT2D eigenvalue weighted by molar-refractivity contribution is -0.124. The van der Waals surface area contributed by atoms with E-state index in [-0.39, 0.29) is 28.2 Å². The Morgan fingerprint density at radius 2 is 1.90 bits per heavy atom. The van der Waals surface area contributed by atoms with Gasteiger partial charge in [0, 0.05) is 35.3 Å². The zero-order valence-electron chi connectivity index (χ0n) is 23.4. The summed E-state index contributed by atoms with van der Waals surface area (Å²) in [5, 5.41) is 14.5. The number of nitrogens with zero attached hydrogens (tertiary/aromatic N) is 3. The average Bonchev–Trinajstić information content (AvgIpc) is 3.33. The Bertz CT molecular complexity index is 1230. The smallest absolute Gasteiger partial charge is 0.348 e. The third-order valence-corrected chi connectivity index (χ3v) is 8.40. The molecule has 0 radical (unpaired) electrons. The van der Waals surface area contributed by atoms with Crippen molar-refractivity contribution >= 4 is 34.6 Å². The number of aromatic nitrogens is 1. The first-order valence-electron chi connectivity index (χ1n) is 13.9. The van der Waals surface area contributed by atoms with Crippen LogP contribution in [0.4, 0.5) is 5.69 Å². The van der Waals surface area contributed by atoms with Gasteiger partial charge in [-0.25, -0.2) is 4.79 Å². The van der Waals surface area contributed by atoms with Crippen LogP contribution in [0.5, 0.6) is 0 Å². The van der Waals surface area contributed by atoms with Crippen molar-refractivity contribution in [2.45, 2.75) is 91.7 Å². The molecule has 208 valence electrons.